The molecule has 0 spiro atoms. The van der Waals surface area contributed by atoms with Crippen LogP contribution in [0.4, 0.5) is 5.82 Å². The molecule has 0 atom stereocenters. The minimum absolute atomic E-state index is 0.245. The van der Waals surface area contributed by atoms with Gasteiger partial charge in [-0.25, -0.2) is 4.98 Å². The number of hydrogen-bond donors (Lipinski definition) is 1. The van der Waals surface area contributed by atoms with E-state index in [0.717, 1.165) is 5.69 Å². The number of imidazole rings is 1. The van der Waals surface area contributed by atoms with Gasteiger partial charge in [-0.1, -0.05) is 18.2 Å². The van der Waals surface area contributed by atoms with E-state index < -0.39 is 0 Å². The maximum Gasteiger partial charge on any atom is 0.275 e. The molecule has 6 nitrogen and oxygen atoms in total. The zero-order chi connectivity index (χ0) is 13.9. The fraction of sp³-hybridized carbons (Fsp3) is 0.0714. The van der Waals surface area contributed by atoms with Gasteiger partial charge in [-0.05, 0) is 12.1 Å². The lowest BCUT2D eigenvalue weighted by molar-refractivity contribution is 0.102. The standard InChI is InChI=1S/C14H13N5O/c1-18-8-7-13(17-18)16-14(20)12-9-15-10-19(12)11-5-3-2-4-6-11/h2-10H,1H3,(H,16,17,20). The molecule has 0 saturated carbocycles. The van der Waals surface area contributed by atoms with Crippen LogP contribution in [0.5, 0.6) is 0 Å². The highest BCUT2D eigenvalue weighted by Crippen LogP contribution is 2.12. The van der Waals surface area contributed by atoms with E-state index in [1.807, 2.05) is 30.3 Å². The van der Waals surface area contributed by atoms with Crippen LogP contribution in [0.3, 0.4) is 0 Å². The Morgan fingerprint density at radius 1 is 1.20 bits per heavy atom. The highest BCUT2D eigenvalue weighted by molar-refractivity contribution is 6.02. The number of benzene rings is 1. The number of amides is 1. The molecule has 2 aromatic heterocycles. The summed E-state index contributed by atoms with van der Waals surface area (Å²) in [6, 6.07) is 11.3. The van der Waals surface area contributed by atoms with Crippen molar-refractivity contribution in [2.45, 2.75) is 0 Å². The first-order chi connectivity index (χ1) is 9.74. The largest absolute Gasteiger partial charge is 0.304 e. The van der Waals surface area contributed by atoms with E-state index in [4.69, 9.17) is 0 Å². The Morgan fingerprint density at radius 2 is 2.00 bits per heavy atom. The Bertz CT molecular complexity index is 729. The van der Waals surface area contributed by atoms with Crippen LogP contribution >= 0.6 is 0 Å². The van der Waals surface area contributed by atoms with Crippen LogP contribution in [0, 0.1) is 0 Å². The summed E-state index contributed by atoms with van der Waals surface area (Å²) < 4.78 is 3.36. The predicted octanol–water partition coefficient (Wildman–Crippen LogP) is 1.86. The number of hydrogen-bond acceptors (Lipinski definition) is 3. The summed E-state index contributed by atoms with van der Waals surface area (Å²) >= 11 is 0. The van der Waals surface area contributed by atoms with E-state index in [9.17, 15) is 4.79 Å². The fourth-order valence-corrected chi connectivity index (χ4v) is 1.92. The van der Waals surface area contributed by atoms with Crippen molar-refractivity contribution in [3.05, 3.63) is 60.8 Å². The van der Waals surface area contributed by atoms with Crippen LogP contribution < -0.4 is 5.32 Å². The van der Waals surface area contributed by atoms with Gasteiger partial charge in [0.15, 0.2) is 5.82 Å². The fourth-order valence-electron chi connectivity index (χ4n) is 1.92. The summed E-state index contributed by atoms with van der Waals surface area (Å²) in [5, 5.41) is 6.86. The number of rotatable bonds is 3. The topological polar surface area (TPSA) is 64.7 Å². The van der Waals surface area contributed by atoms with Gasteiger partial charge < -0.3 is 5.32 Å². The molecule has 0 unspecified atom stereocenters. The molecular weight excluding hydrogens is 254 g/mol. The Hall–Kier alpha value is -2.89. The second-order valence-electron chi connectivity index (χ2n) is 4.31. The molecule has 0 aliphatic carbocycles. The van der Waals surface area contributed by atoms with E-state index in [1.165, 1.54) is 6.20 Å². The van der Waals surface area contributed by atoms with E-state index in [-0.39, 0.29) is 5.91 Å². The van der Waals surface area contributed by atoms with Crippen LogP contribution in [-0.2, 0) is 7.05 Å². The lowest BCUT2D eigenvalue weighted by Gasteiger charge is -2.07. The molecule has 1 aromatic carbocycles. The van der Waals surface area contributed by atoms with Crippen molar-refractivity contribution < 1.29 is 4.79 Å². The Kier molecular flexibility index (Phi) is 3.04. The normalized spacial score (nSPS) is 10.4. The van der Waals surface area contributed by atoms with Gasteiger partial charge in [-0.3, -0.25) is 14.0 Å². The summed E-state index contributed by atoms with van der Waals surface area (Å²) in [6.45, 7) is 0. The molecule has 100 valence electrons. The second kappa shape index (κ2) is 5.00. The highest BCUT2D eigenvalue weighted by atomic mass is 16.2. The van der Waals surface area contributed by atoms with Crippen molar-refractivity contribution in [3.63, 3.8) is 0 Å². The van der Waals surface area contributed by atoms with Crippen molar-refractivity contribution in [3.8, 4) is 5.69 Å². The van der Waals surface area contributed by atoms with Gasteiger partial charge in [-0.2, -0.15) is 5.10 Å². The minimum Gasteiger partial charge on any atom is -0.304 e. The zero-order valence-electron chi connectivity index (χ0n) is 10.9. The molecule has 3 aromatic rings. The van der Waals surface area contributed by atoms with Crippen LogP contribution in [0.1, 0.15) is 10.5 Å². The third kappa shape index (κ3) is 2.31. The van der Waals surface area contributed by atoms with Gasteiger partial charge in [0.2, 0.25) is 0 Å². The van der Waals surface area contributed by atoms with Crippen LogP contribution in [0.25, 0.3) is 5.69 Å². The van der Waals surface area contributed by atoms with E-state index in [2.05, 4.69) is 15.4 Å². The highest BCUT2D eigenvalue weighted by Gasteiger charge is 2.13. The number of anilines is 1. The smallest absolute Gasteiger partial charge is 0.275 e. The first-order valence-electron chi connectivity index (χ1n) is 6.13. The molecule has 1 N–H and O–H groups in total. The summed E-state index contributed by atoms with van der Waals surface area (Å²) in [5.74, 6) is 0.267. The molecule has 3 rings (SSSR count). The molecular formula is C14H13N5O. The molecule has 0 fully saturated rings. The van der Waals surface area contributed by atoms with E-state index >= 15 is 0 Å². The average molecular weight is 267 g/mol. The van der Waals surface area contributed by atoms with Gasteiger partial charge in [0, 0.05) is 25.0 Å². The number of carbonyl (C=O) groups excluding carboxylic acids is 1. The maximum atomic E-state index is 12.3. The van der Waals surface area contributed by atoms with Crippen molar-refractivity contribution in [2.24, 2.45) is 7.05 Å². The Morgan fingerprint density at radius 3 is 2.70 bits per heavy atom. The van der Waals surface area contributed by atoms with Crippen molar-refractivity contribution in [1.29, 1.82) is 0 Å². The van der Waals surface area contributed by atoms with Crippen molar-refractivity contribution in [1.82, 2.24) is 19.3 Å². The first-order valence-corrected chi connectivity index (χ1v) is 6.13. The second-order valence-corrected chi connectivity index (χ2v) is 4.31. The molecule has 0 saturated heterocycles. The molecule has 20 heavy (non-hydrogen) atoms. The maximum absolute atomic E-state index is 12.3. The molecule has 1 amide bonds. The number of para-hydroxylation sites is 1. The molecule has 0 radical (unpaired) electrons. The van der Waals surface area contributed by atoms with Gasteiger partial charge in [0.05, 0.1) is 12.5 Å². The Labute approximate surface area is 115 Å². The third-order valence-electron chi connectivity index (χ3n) is 2.86. The Balaban J connectivity index is 1.88. The molecule has 2 heterocycles. The van der Waals surface area contributed by atoms with E-state index in [1.54, 1.807) is 34.9 Å². The van der Waals surface area contributed by atoms with Crippen molar-refractivity contribution >= 4 is 11.7 Å². The number of aromatic nitrogens is 4. The number of nitrogens with zero attached hydrogens (tertiary/aromatic N) is 4. The third-order valence-corrected chi connectivity index (χ3v) is 2.86. The first kappa shape index (κ1) is 12.2. The van der Waals surface area contributed by atoms with Gasteiger partial charge in [0.25, 0.3) is 5.91 Å². The molecule has 0 bridgehead atoms. The van der Waals surface area contributed by atoms with Crippen LogP contribution in [-0.4, -0.2) is 25.2 Å². The SMILES string of the molecule is Cn1ccc(NC(=O)c2cncn2-c2ccccc2)n1. The van der Waals surface area contributed by atoms with E-state index in [0.29, 0.717) is 11.5 Å². The summed E-state index contributed by atoms with van der Waals surface area (Å²) in [7, 11) is 1.80. The number of aryl methyl sites for hydroxylation is 1. The quantitative estimate of drug-likeness (QED) is 0.787. The van der Waals surface area contributed by atoms with Gasteiger partial charge >= 0.3 is 0 Å². The van der Waals surface area contributed by atoms with Gasteiger partial charge in [-0.15, -0.1) is 0 Å². The minimum atomic E-state index is -0.245. The molecule has 0 aliphatic heterocycles. The lowest BCUT2D eigenvalue weighted by Crippen LogP contribution is -2.16. The zero-order valence-corrected chi connectivity index (χ0v) is 10.9. The van der Waals surface area contributed by atoms with Crippen LogP contribution in [0.15, 0.2) is 55.1 Å². The summed E-state index contributed by atoms with van der Waals surface area (Å²) in [5.41, 5.74) is 1.35. The average Bonchev–Trinajstić information content (AvgIpc) is 3.09. The monoisotopic (exact) mass is 267 g/mol. The summed E-state index contributed by atoms with van der Waals surface area (Å²) in [4.78, 5) is 16.3. The number of nitrogens with one attached hydrogen (secondary N) is 1. The van der Waals surface area contributed by atoms with Gasteiger partial charge in [0.1, 0.15) is 5.69 Å². The predicted molar refractivity (Wildman–Crippen MR) is 74.7 cm³/mol. The number of carbonyl (C=O) groups is 1. The summed E-state index contributed by atoms with van der Waals surface area (Å²) in [6.07, 6.45) is 4.91. The van der Waals surface area contributed by atoms with Crippen LogP contribution in [0.2, 0.25) is 0 Å². The molecule has 6 heteroatoms. The molecule has 0 aliphatic rings. The lowest BCUT2D eigenvalue weighted by atomic mass is 10.3. The van der Waals surface area contributed by atoms with Crippen molar-refractivity contribution in [2.75, 3.05) is 5.32 Å².